The van der Waals surface area contributed by atoms with Crippen LogP contribution in [0.1, 0.15) is 60.3 Å². The van der Waals surface area contributed by atoms with E-state index in [0.717, 1.165) is 56.1 Å². The summed E-state index contributed by atoms with van der Waals surface area (Å²) in [5.74, 6) is 0.122. The number of likely N-dealkylation sites (tertiary alicyclic amines) is 2. The van der Waals surface area contributed by atoms with Gasteiger partial charge in [-0.25, -0.2) is 4.98 Å². The van der Waals surface area contributed by atoms with Gasteiger partial charge in [0.05, 0.1) is 5.69 Å². The Morgan fingerprint density at radius 3 is 2.70 bits per heavy atom. The van der Waals surface area contributed by atoms with Crippen molar-refractivity contribution >= 4 is 22.2 Å². The molecule has 2 fully saturated rings. The van der Waals surface area contributed by atoms with E-state index < -0.39 is 0 Å². The molecule has 1 aromatic carbocycles. The van der Waals surface area contributed by atoms with Gasteiger partial charge in [0, 0.05) is 37.3 Å². The highest BCUT2D eigenvalue weighted by atomic mass is 32.1. The van der Waals surface area contributed by atoms with Gasteiger partial charge in [-0.2, -0.15) is 0 Å². The van der Waals surface area contributed by atoms with E-state index in [2.05, 4.69) is 51.2 Å². The lowest BCUT2D eigenvalue weighted by Crippen LogP contribution is -2.40. The first-order valence-electron chi connectivity index (χ1n) is 11.3. The molecule has 2 aliphatic heterocycles. The summed E-state index contributed by atoms with van der Waals surface area (Å²) in [5.41, 5.74) is 3.17. The lowest BCUT2D eigenvalue weighted by atomic mass is 9.95. The number of fused-ring (bicyclic) bond motifs is 1. The number of hydrogen-bond acceptors (Lipinski definition) is 4. The van der Waals surface area contributed by atoms with Crippen LogP contribution in [0.3, 0.4) is 0 Å². The minimum atomic E-state index is 0.122. The molecule has 3 aromatic rings. The molecule has 1 amide bonds. The van der Waals surface area contributed by atoms with Crippen molar-refractivity contribution in [2.75, 3.05) is 19.6 Å². The van der Waals surface area contributed by atoms with Crippen LogP contribution in [0.25, 0.3) is 4.96 Å². The van der Waals surface area contributed by atoms with Gasteiger partial charge in [-0.1, -0.05) is 36.8 Å². The third-order valence-electron chi connectivity index (χ3n) is 6.67. The molecule has 5 nitrogen and oxygen atoms in total. The van der Waals surface area contributed by atoms with E-state index in [9.17, 15) is 4.79 Å². The Kier molecular flexibility index (Phi) is 5.86. The fourth-order valence-electron chi connectivity index (χ4n) is 4.99. The third kappa shape index (κ3) is 4.03. The number of thiazole rings is 1. The number of piperidine rings is 1. The van der Waals surface area contributed by atoms with E-state index >= 15 is 0 Å². The zero-order valence-electron chi connectivity index (χ0n) is 17.5. The van der Waals surface area contributed by atoms with Crippen molar-refractivity contribution in [3.63, 3.8) is 0 Å². The van der Waals surface area contributed by atoms with Gasteiger partial charge in [0.1, 0.15) is 0 Å². The molecule has 0 saturated carbocycles. The molecule has 6 heteroatoms. The van der Waals surface area contributed by atoms with Crippen LogP contribution in [0.5, 0.6) is 0 Å². The van der Waals surface area contributed by atoms with Crippen molar-refractivity contribution in [2.45, 2.75) is 57.5 Å². The number of rotatable bonds is 6. The molecule has 0 aliphatic carbocycles. The van der Waals surface area contributed by atoms with Crippen LogP contribution < -0.4 is 0 Å². The number of carbonyl (C=O) groups is 1. The molecule has 2 aromatic heterocycles. The third-order valence-corrected chi connectivity index (χ3v) is 7.42. The molecular weight excluding hydrogens is 392 g/mol. The molecule has 5 rings (SSSR count). The minimum absolute atomic E-state index is 0.122. The Morgan fingerprint density at radius 2 is 1.87 bits per heavy atom. The minimum Gasteiger partial charge on any atom is -0.337 e. The Hall–Kier alpha value is -2.18. The zero-order chi connectivity index (χ0) is 20.3. The van der Waals surface area contributed by atoms with Crippen LogP contribution in [0.2, 0.25) is 0 Å². The van der Waals surface area contributed by atoms with E-state index in [0.29, 0.717) is 11.7 Å². The van der Waals surface area contributed by atoms with Gasteiger partial charge in [-0.3, -0.25) is 14.1 Å². The molecule has 0 spiro atoms. The maximum atomic E-state index is 13.2. The first kappa shape index (κ1) is 19.8. The van der Waals surface area contributed by atoms with Crippen LogP contribution in [0.4, 0.5) is 0 Å². The second-order valence-electron chi connectivity index (χ2n) is 8.61. The number of nitrogens with zero attached hydrogens (tertiary/aromatic N) is 4. The van der Waals surface area contributed by atoms with Crippen LogP contribution in [-0.4, -0.2) is 50.8 Å². The van der Waals surface area contributed by atoms with Crippen molar-refractivity contribution in [1.29, 1.82) is 0 Å². The molecule has 0 N–H and O–H groups in total. The van der Waals surface area contributed by atoms with E-state index in [1.165, 1.54) is 31.2 Å². The second-order valence-corrected chi connectivity index (χ2v) is 9.48. The summed E-state index contributed by atoms with van der Waals surface area (Å²) >= 11 is 1.62. The average Bonchev–Trinajstić information content (AvgIpc) is 3.53. The molecule has 158 valence electrons. The predicted molar refractivity (Wildman–Crippen MR) is 121 cm³/mol. The Morgan fingerprint density at radius 1 is 1.07 bits per heavy atom. The van der Waals surface area contributed by atoms with Crippen LogP contribution in [0, 0.1) is 0 Å². The highest BCUT2D eigenvalue weighted by Gasteiger charge is 2.29. The van der Waals surface area contributed by atoms with E-state index in [-0.39, 0.29) is 5.91 Å². The molecule has 2 aliphatic rings. The number of aromatic nitrogens is 2. The first-order valence-corrected chi connectivity index (χ1v) is 12.2. The molecular formula is C24H30N4OS. The summed E-state index contributed by atoms with van der Waals surface area (Å²) in [6, 6.07) is 11.4. The fourth-order valence-corrected chi connectivity index (χ4v) is 5.72. The zero-order valence-corrected chi connectivity index (χ0v) is 18.3. The highest BCUT2D eigenvalue weighted by molar-refractivity contribution is 7.15. The van der Waals surface area contributed by atoms with Crippen molar-refractivity contribution in [3.05, 3.63) is 58.9 Å². The van der Waals surface area contributed by atoms with Crippen molar-refractivity contribution < 1.29 is 4.79 Å². The number of imidazole rings is 1. The normalized spacial score (nSPS) is 20.3. The predicted octanol–water partition coefficient (Wildman–Crippen LogP) is 4.62. The molecule has 30 heavy (non-hydrogen) atoms. The van der Waals surface area contributed by atoms with E-state index in [1.54, 1.807) is 11.3 Å². The average molecular weight is 423 g/mol. The molecule has 1 atom stereocenters. The number of benzene rings is 1. The van der Waals surface area contributed by atoms with E-state index in [1.807, 2.05) is 4.90 Å². The fraction of sp³-hybridized carbons (Fsp3) is 0.500. The standard InChI is InChI=1S/C24H30N4OS/c29-23(26-13-6-7-14-26)22-21(28-16-17-30-24(28)25-22)18-27-15-5-4-10-20(27)12-11-19-8-2-1-3-9-19/h1-3,8-9,16-17,20H,4-7,10-15,18H2/t20-/m1/s1. The molecule has 4 heterocycles. The maximum Gasteiger partial charge on any atom is 0.274 e. The number of carbonyl (C=O) groups excluding carboxylic acids is 1. The van der Waals surface area contributed by atoms with Crippen molar-refractivity contribution in [3.8, 4) is 0 Å². The molecule has 0 bridgehead atoms. The van der Waals surface area contributed by atoms with Gasteiger partial charge in [0.2, 0.25) is 0 Å². The SMILES string of the molecule is O=C(c1nc2sccn2c1CN1CCCC[C@@H]1CCc1ccccc1)N1CCCC1. The highest BCUT2D eigenvalue weighted by Crippen LogP contribution is 2.27. The summed E-state index contributed by atoms with van der Waals surface area (Å²) in [6.45, 7) is 3.65. The molecule has 0 radical (unpaired) electrons. The van der Waals surface area contributed by atoms with E-state index in [4.69, 9.17) is 4.98 Å². The number of aryl methyl sites for hydroxylation is 1. The lowest BCUT2D eigenvalue weighted by molar-refractivity contribution is 0.0781. The smallest absolute Gasteiger partial charge is 0.274 e. The number of hydrogen-bond donors (Lipinski definition) is 0. The Bertz CT molecular complexity index is 989. The molecule has 2 saturated heterocycles. The van der Waals surface area contributed by atoms with Crippen molar-refractivity contribution in [2.24, 2.45) is 0 Å². The van der Waals surface area contributed by atoms with Crippen molar-refractivity contribution in [1.82, 2.24) is 19.2 Å². The topological polar surface area (TPSA) is 40.9 Å². The largest absolute Gasteiger partial charge is 0.337 e. The maximum absolute atomic E-state index is 13.2. The van der Waals surface area contributed by atoms with Gasteiger partial charge in [-0.05, 0) is 50.6 Å². The lowest BCUT2D eigenvalue weighted by Gasteiger charge is -2.36. The van der Waals surface area contributed by atoms with Gasteiger partial charge in [0.25, 0.3) is 5.91 Å². The summed E-state index contributed by atoms with van der Waals surface area (Å²) < 4.78 is 2.15. The van der Waals surface area contributed by atoms with Crippen LogP contribution in [-0.2, 0) is 13.0 Å². The summed E-state index contributed by atoms with van der Waals surface area (Å²) in [6.07, 6.45) is 10.4. The van der Waals surface area contributed by atoms with Crippen LogP contribution >= 0.6 is 11.3 Å². The summed E-state index contributed by atoms with van der Waals surface area (Å²) in [7, 11) is 0. The Labute approximate surface area is 182 Å². The van der Waals surface area contributed by atoms with Gasteiger partial charge in [0.15, 0.2) is 10.7 Å². The first-order chi connectivity index (χ1) is 14.8. The van der Waals surface area contributed by atoms with Gasteiger partial charge >= 0.3 is 0 Å². The number of amides is 1. The summed E-state index contributed by atoms with van der Waals surface area (Å²) in [5, 5.41) is 2.07. The second kappa shape index (κ2) is 8.90. The van der Waals surface area contributed by atoms with Gasteiger partial charge < -0.3 is 4.90 Å². The quantitative estimate of drug-likeness (QED) is 0.582. The Balaban J connectivity index is 1.37. The molecule has 0 unspecified atom stereocenters. The van der Waals surface area contributed by atoms with Crippen LogP contribution in [0.15, 0.2) is 41.9 Å². The van der Waals surface area contributed by atoms with Gasteiger partial charge in [-0.15, -0.1) is 11.3 Å². The monoisotopic (exact) mass is 422 g/mol. The summed E-state index contributed by atoms with van der Waals surface area (Å²) in [4.78, 5) is 23.5.